The number of hydrogen-bond acceptors (Lipinski definition) is 5. The molecule has 1 aromatic rings. The van der Waals surface area contributed by atoms with Crippen molar-refractivity contribution in [1.29, 1.82) is 0 Å². The first-order valence-electron chi connectivity index (χ1n) is 6.52. The minimum absolute atomic E-state index is 0.174. The Kier molecular flexibility index (Phi) is 7.50. The molecule has 0 aliphatic carbocycles. The lowest BCUT2D eigenvalue weighted by Gasteiger charge is -2.09. The summed E-state index contributed by atoms with van der Waals surface area (Å²) in [5.74, 6) is 1.05. The molecular formula is C12H21F2N3O2. The van der Waals surface area contributed by atoms with E-state index in [2.05, 4.69) is 22.4 Å². The number of alkyl halides is 2. The number of hydrogen-bond donors (Lipinski definition) is 1. The van der Waals surface area contributed by atoms with Crippen LogP contribution in [-0.4, -0.2) is 42.4 Å². The normalized spacial score (nSPS) is 13.1. The Hall–Kier alpha value is -1.08. The molecule has 0 saturated heterocycles. The predicted molar refractivity (Wildman–Crippen MR) is 66.3 cm³/mol. The third-order valence-electron chi connectivity index (χ3n) is 2.45. The molecule has 0 fully saturated rings. The fourth-order valence-corrected chi connectivity index (χ4v) is 1.54. The fourth-order valence-electron chi connectivity index (χ4n) is 1.54. The number of rotatable bonds is 10. The summed E-state index contributed by atoms with van der Waals surface area (Å²) in [5.41, 5.74) is 0. The van der Waals surface area contributed by atoms with Gasteiger partial charge >= 0.3 is 0 Å². The second-order valence-electron chi connectivity index (χ2n) is 4.38. The first-order valence-corrected chi connectivity index (χ1v) is 6.52. The SMILES string of the molecule is CCCNC(C)Cc1nc(CCOCC(F)F)no1. The number of ether oxygens (including phenoxy) is 1. The van der Waals surface area contributed by atoms with E-state index in [1.165, 1.54) is 0 Å². The van der Waals surface area contributed by atoms with Gasteiger partial charge in [0.05, 0.1) is 6.61 Å². The molecule has 1 heterocycles. The molecular weight excluding hydrogens is 256 g/mol. The highest BCUT2D eigenvalue weighted by atomic mass is 19.3. The van der Waals surface area contributed by atoms with E-state index in [-0.39, 0.29) is 12.6 Å². The first kappa shape index (κ1) is 16.0. The van der Waals surface area contributed by atoms with Crippen LogP contribution >= 0.6 is 0 Å². The third-order valence-corrected chi connectivity index (χ3v) is 2.45. The third kappa shape index (κ3) is 7.17. The highest BCUT2D eigenvalue weighted by Gasteiger charge is 2.10. The van der Waals surface area contributed by atoms with Gasteiger partial charge in [-0.3, -0.25) is 0 Å². The minimum Gasteiger partial charge on any atom is -0.375 e. The highest BCUT2D eigenvalue weighted by Crippen LogP contribution is 2.03. The van der Waals surface area contributed by atoms with E-state index in [0.717, 1.165) is 13.0 Å². The molecule has 1 rings (SSSR count). The molecule has 0 aliphatic heterocycles. The van der Waals surface area contributed by atoms with Gasteiger partial charge in [0.2, 0.25) is 5.89 Å². The summed E-state index contributed by atoms with van der Waals surface area (Å²) in [6.07, 6.45) is -0.329. The van der Waals surface area contributed by atoms with E-state index in [0.29, 0.717) is 24.6 Å². The van der Waals surface area contributed by atoms with E-state index < -0.39 is 13.0 Å². The highest BCUT2D eigenvalue weighted by molar-refractivity contribution is 4.89. The van der Waals surface area contributed by atoms with Crippen LogP contribution < -0.4 is 5.32 Å². The topological polar surface area (TPSA) is 60.2 Å². The van der Waals surface area contributed by atoms with Crippen LogP contribution in [0.1, 0.15) is 32.0 Å². The van der Waals surface area contributed by atoms with Crippen molar-refractivity contribution < 1.29 is 18.0 Å². The Balaban J connectivity index is 2.24. The summed E-state index contributed by atoms with van der Waals surface area (Å²) >= 11 is 0. The van der Waals surface area contributed by atoms with Crippen molar-refractivity contribution in [3.05, 3.63) is 11.7 Å². The van der Waals surface area contributed by atoms with Crippen molar-refractivity contribution in [2.75, 3.05) is 19.8 Å². The Labute approximate surface area is 111 Å². The average Bonchev–Trinajstić information content (AvgIpc) is 2.79. The van der Waals surface area contributed by atoms with E-state index in [4.69, 9.17) is 9.26 Å². The molecule has 1 unspecified atom stereocenters. The van der Waals surface area contributed by atoms with Gasteiger partial charge in [-0.25, -0.2) is 8.78 Å². The second kappa shape index (κ2) is 8.92. The zero-order chi connectivity index (χ0) is 14.1. The number of nitrogens with zero attached hydrogens (tertiary/aromatic N) is 2. The van der Waals surface area contributed by atoms with Gasteiger partial charge in [-0.1, -0.05) is 12.1 Å². The van der Waals surface area contributed by atoms with Crippen LogP contribution in [0.15, 0.2) is 4.52 Å². The lowest BCUT2D eigenvalue weighted by atomic mass is 10.2. The van der Waals surface area contributed by atoms with Crippen LogP contribution in [0.5, 0.6) is 0 Å². The van der Waals surface area contributed by atoms with Gasteiger partial charge in [-0.15, -0.1) is 0 Å². The van der Waals surface area contributed by atoms with Gasteiger partial charge < -0.3 is 14.6 Å². The molecule has 1 atom stereocenters. The maximum absolute atomic E-state index is 11.8. The maximum Gasteiger partial charge on any atom is 0.261 e. The van der Waals surface area contributed by atoms with E-state index in [9.17, 15) is 8.78 Å². The maximum atomic E-state index is 11.8. The molecule has 5 nitrogen and oxygen atoms in total. The van der Waals surface area contributed by atoms with Gasteiger partial charge in [-0.2, -0.15) is 4.98 Å². The molecule has 0 radical (unpaired) electrons. The van der Waals surface area contributed by atoms with Crippen LogP contribution in [0, 0.1) is 0 Å². The van der Waals surface area contributed by atoms with Gasteiger partial charge in [0, 0.05) is 18.9 Å². The van der Waals surface area contributed by atoms with Crippen molar-refractivity contribution in [1.82, 2.24) is 15.5 Å². The molecule has 1 aromatic heterocycles. The smallest absolute Gasteiger partial charge is 0.261 e. The quantitative estimate of drug-likeness (QED) is 0.661. The molecule has 0 spiro atoms. The Morgan fingerprint density at radius 1 is 1.42 bits per heavy atom. The van der Waals surface area contributed by atoms with Crippen molar-refractivity contribution in [2.45, 2.75) is 45.6 Å². The number of aromatic nitrogens is 2. The predicted octanol–water partition coefficient (Wildman–Crippen LogP) is 1.82. The summed E-state index contributed by atoms with van der Waals surface area (Å²) in [7, 11) is 0. The molecule has 7 heteroatoms. The molecule has 19 heavy (non-hydrogen) atoms. The minimum atomic E-state index is -2.44. The average molecular weight is 277 g/mol. The standard InChI is InChI=1S/C12H21F2N3O2/c1-3-5-15-9(2)7-12-16-11(17-19-12)4-6-18-8-10(13)14/h9-10,15H,3-8H2,1-2H3. The van der Waals surface area contributed by atoms with Crippen molar-refractivity contribution >= 4 is 0 Å². The molecule has 0 bridgehead atoms. The van der Waals surface area contributed by atoms with E-state index in [1.54, 1.807) is 0 Å². The van der Waals surface area contributed by atoms with Gasteiger partial charge in [0.1, 0.15) is 6.61 Å². The van der Waals surface area contributed by atoms with Crippen molar-refractivity contribution in [3.63, 3.8) is 0 Å². The summed E-state index contributed by atoms with van der Waals surface area (Å²) < 4.78 is 33.5. The second-order valence-corrected chi connectivity index (χ2v) is 4.38. The molecule has 1 N–H and O–H groups in total. The first-order chi connectivity index (χ1) is 9.11. The fraction of sp³-hybridized carbons (Fsp3) is 0.833. The summed E-state index contributed by atoms with van der Waals surface area (Å²) in [5, 5.41) is 7.10. The summed E-state index contributed by atoms with van der Waals surface area (Å²) in [4.78, 5) is 4.19. The van der Waals surface area contributed by atoms with E-state index in [1.807, 2.05) is 6.92 Å². The molecule has 110 valence electrons. The lowest BCUT2D eigenvalue weighted by molar-refractivity contribution is 0.0182. The molecule has 0 amide bonds. The lowest BCUT2D eigenvalue weighted by Crippen LogP contribution is -2.28. The summed E-state index contributed by atoms with van der Waals surface area (Å²) in [6, 6.07) is 0.267. The zero-order valence-corrected chi connectivity index (χ0v) is 11.4. The van der Waals surface area contributed by atoms with Gasteiger partial charge in [0.15, 0.2) is 5.82 Å². The zero-order valence-electron chi connectivity index (χ0n) is 11.4. The van der Waals surface area contributed by atoms with Gasteiger partial charge in [-0.05, 0) is 19.9 Å². The van der Waals surface area contributed by atoms with Crippen LogP contribution in [0.3, 0.4) is 0 Å². The molecule has 0 saturated carbocycles. The Morgan fingerprint density at radius 3 is 2.89 bits per heavy atom. The molecule has 0 aromatic carbocycles. The Bertz CT molecular complexity index is 347. The van der Waals surface area contributed by atoms with Crippen LogP contribution in [0.2, 0.25) is 0 Å². The van der Waals surface area contributed by atoms with Crippen LogP contribution in [0.4, 0.5) is 8.78 Å². The largest absolute Gasteiger partial charge is 0.375 e. The van der Waals surface area contributed by atoms with Crippen LogP contribution in [-0.2, 0) is 17.6 Å². The number of nitrogens with one attached hydrogen (secondary N) is 1. The van der Waals surface area contributed by atoms with Gasteiger partial charge in [0.25, 0.3) is 6.43 Å². The van der Waals surface area contributed by atoms with Crippen molar-refractivity contribution in [3.8, 4) is 0 Å². The Morgan fingerprint density at radius 2 is 2.21 bits per heavy atom. The van der Waals surface area contributed by atoms with Crippen LogP contribution in [0.25, 0.3) is 0 Å². The van der Waals surface area contributed by atoms with E-state index >= 15 is 0 Å². The molecule has 0 aliphatic rings. The number of halogens is 2. The summed E-state index contributed by atoms with van der Waals surface area (Å²) in [6.45, 7) is 4.72. The van der Waals surface area contributed by atoms with Crippen molar-refractivity contribution in [2.24, 2.45) is 0 Å². The monoisotopic (exact) mass is 277 g/mol.